The highest BCUT2D eigenvalue weighted by Gasteiger charge is 2.20. The molecule has 0 spiro atoms. The summed E-state index contributed by atoms with van der Waals surface area (Å²) in [5.74, 6) is -0.927. The molecule has 4 aromatic rings. The van der Waals surface area contributed by atoms with Crippen molar-refractivity contribution in [2.45, 2.75) is 25.7 Å². The Morgan fingerprint density at radius 1 is 1.03 bits per heavy atom. The lowest BCUT2D eigenvalue weighted by Crippen LogP contribution is -2.22. The highest BCUT2D eigenvalue weighted by molar-refractivity contribution is 9.08. The number of benzene rings is 2. The Morgan fingerprint density at radius 3 is 2.31 bits per heavy atom. The smallest absolute Gasteiger partial charge is 0.262 e. The molecule has 0 aliphatic carbocycles. The summed E-state index contributed by atoms with van der Waals surface area (Å²) >= 11 is 3.46. The second kappa shape index (κ2) is 7.55. The summed E-state index contributed by atoms with van der Waals surface area (Å²) in [5.41, 5.74) is 3.53. The highest BCUT2D eigenvalue weighted by Crippen LogP contribution is 2.26. The molecule has 4 rings (SSSR count). The van der Waals surface area contributed by atoms with E-state index in [0.717, 1.165) is 11.1 Å². The molecule has 0 radical (unpaired) electrons. The van der Waals surface area contributed by atoms with E-state index in [0.29, 0.717) is 28.1 Å². The molecule has 2 aromatic carbocycles. The zero-order valence-electron chi connectivity index (χ0n) is 15.9. The van der Waals surface area contributed by atoms with Crippen LogP contribution < -0.4 is 5.56 Å². The number of hydrogen-bond donors (Lipinski definition) is 0. The van der Waals surface area contributed by atoms with Gasteiger partial charge >= 0.3 is 0 Å². The number of alkyl halides is 1. The average Bonchev–Trinajstić information content (AvgIpc) is 3.09. The molecule has 148 valence electrons. The lowest BCUT2D eigenvalue weighted by molar-refractivity contribution is 0.544. The van der Waals surface area contributed by atoms with Gasteiger partial charge in [-0.05, 0) is 26.0 Å². The largest absolute Gasteiger partial charge is 0.313 e. The Hall–Kier alpha value is -2.80. The lowest BCUT2D eigenvalue weighted by Gasteiger charge is -2.11. The monoisotopic (exact) mass is 457 g/mol. The Morgan fingerprint density at radius 2 is 1.69 bits per heavy atom. The first kappa shape index (κ1) is 19.5. The summed E-state index contributed by atoms with van der Waals surface area (Å²) in [7, 11) is 0. The Labute approximate surface area is 174 Å². The van der Waals surface area contributed by atoms with Gasteiger partial charge in [-0.2, -0.15) is 0 Å². The summed E-state index contributed by atoms with van der Waals surface area (Å²) in [5, 5.41) is 0.407. The van der Waals surface area contributed by atoms with E-state index in [9.17, 15) is 13.6 Å². The van der Waals surface area contributed by atoms with E-state index in [1.165, 1.54) is 22.6 Å². The minimum atomic E-state index is -0.634. The maximum atomic E-state index is 14.2. The summed E-state index contributed by atoms with van der Waals surface area (Å²) < 4.78 is 31.6. The number of nitrogens with zero attached hydrogens (tertiary/aromatic N) is 3. The van der Waals surface area contributed by atoms with E-state index in [-0.39, 0.29) is 17.7 Å². The van der Waals surface area contributed by atoms with Crippen molar-refractivity contribution >= 4 is 21.7 Å². The quantitative estimate of drug-likeness (QED) is 0.404. The zero-order chi connectivity index (χ0) is 20.7. The molecule has 0 saturated heterocycles. The van der Waals surface area contributed by atoms with E-state index in [4.69, 9.17) is 4.98 Å². The molecule has 0 atom stereocenters. The van der Waals surface area contributed by atoms with Gasteiger partial charge in [0.1, 0.15) is 11.6 Å². The second-order valence-corrected chi connectivity index (χ2v) is 7.55. The molecule has 0 saturated carbocycles. The van der Waals surface area contributed by atoms with Crippen molar-refractivity contribution in [3.8, 4) is 11.3 Å². The molecule has 2 aromatic heterocycles. The maximum absolute atomic E-state index is 14.2. The van der Waals surface area contributed by atoms with Crippen LogP contribution in [0.3, 0.4) is 0 Å². The maximum Gasteiger partial charge on any atom is 0.262 e. The first-order valence-corrected chi connectivity index (χ1v) is 10.2. The van der Waals surface area contributed by atoms with Crippen LogP contribution in [0.15, 0.2) is 53.5 Å². The van der Waals surface area contributed by atoms with E-state index in [1.807, 2.05) is 31.2 Å². The van der Waals surface area contributed by atoms with Crippen molar-refractivity contribution in [3.63, 3.8) is 0 Å². The minimum absolute atomic E-state index is 0.0715. The molecule has 0 aliphatic rings. The number of imidazole rings is 1. The third kappa shape index (κ3) is 3.40. The van der Waals surface area contributed by atoms with Crippen LogP contribution in [-0.4, -0.2) is 14.0 Å². The van der Waals surface area contributed by atoms with Crippen LogP contribution in [0, 0.1) is 25.5 Å². The molecule has 7 heteroatoms. The highest BCUT2D eigenvalue weighted by atomic mass is 79.9. The molecule has 2 heterocycles. The van der Waals surface area contributed by atoms with E-state index >= 15 is 0 Å². The summed E-state index contributed by atoms with van der Waals surface area (Å²) in [4.78, 5) is 17.6. The van der Waals surface area contributed by atoms with Gasteiger partial charge in [0.2, 0.25) is 5.78 Å². The van der Waals surface area contributed by atoms with Crippen LogP contribution in [-0.2, 0) is 11.9 Å². The first-order chi connectivity index (χ1) is 13.9. The number of rotatable bonds is 4. The van der Waals surface area contributed by atoms with Crippen molar-refractivity contribution in [2.75, 3.05) is 0 Å². The van der Waals surface area contributed by atoms with Gasteiger partial charge in [-0.25, -0.2) is 18.2 Å². The number of aryl methyl sites for hydroxylation is 2. The number of aromatic nitrogens is 3. The van der Waals surface area contributed by atoms with Crippen LogP contribution in [0.1, 0.15) is 22.4 Å². The fraction of sp³-hybridized carbons (Fsp3) is 0.182. The predicted molar refractivity (Wildman–Crippen MR) is 112 cm³/mol. The van der Waals surface area contributed by atoms with Crippen LogP contribution >= 0.6 is 15.9 Å². The van der Waals surface area contributed by atoms with Gasteiger partial charge in [-0.3, -0.25) is 4.79 Å². The van der Waals surface area contributed by atoms with Crippen molar-refractivity contribution in [1.29, 1.82) is 0 Å². The van der Waals surface area contributed by atoms with E-state index in [2.05, 4.69) is 15.9 Å². The second-order valence-electron chi connectivity index (χ2n) is 6.99. The topological polar surface area (TPSA) is 39.3 Å². The molecule has 0 fully saturated rings. The van der Waals surface area contributed by atoms with Crippen molar-refractivity contribution in [3.05, 3.63) is 93.0 Å². The Kier molecular flexibility index (Phi) is 5.08. The standard InChI is InChI=1S/C22H18BrF2N3O/c1-13-6-8-15(9-7-13)20-19(10-23)28-21(29)14(2)11-27(22(28)26-20)12-16-17(24)4-3-5-18(16)25/h3-9,11H,10,12H2,1-2H3. The average molecular weight is 458 g/mol. The van der Waals surface area contributed by atoms with Crippen LogP contribution in [0.5, 0.6) is 0 Å². The fourth-order valence-corrected chi connectivity index (χ4v) is 3.92. The van der Waals surface area contributed by atoms with Crippen molar-refractivity contribution in [1.82, 2.24) is 14.0 Å². The molecule has 0 bridgehead atoms. The lowest BCUT2D eigenvalue weighted by atomic mass is 10.1. The number of halogens is 3. The van der Waals surface area contributed by atoms with Gasteiger partial charge in [0.15, 0.2) is 0 Å². The van der Waals surface area contributed by atoms with Gasteiger partial charge in [0.05, 0.1) is 17.9 Å². The number of fused-ring (bicyclic) bond motifs is 1. The molecule has 4 nitrogen and oxygen atoms in total. The van der Waals surface area contributed by atoms with E-state index in [1.54, 1.807) is 17.7 Å². The predicted octanol–water partition coefficient (Wildman–Crippen LogP) is 5.00. The normalized spacial score (nSPS) is 11.3. The SMILES string of the molecule is Cc1ccc(-c2nc3n(Cc4c(F)cccc4F)cc(C)c(=O)n3c2CBr)cc1. The first-order valence-electron chi connectivity index (χ1n) is 9.08. The zero-order valence-corrected chi connectivity index (χ0v) is 17.5. The molecular formula is C22H18BrF2N3O. The van der Waals surface area contributed by atoms with Crippen LogP contribution in [0.25, 0.3) is 17.0 Å². The summed E-state index contributed by atoms with van der Waals surface area (Å²) in [6, 6.07) is 11.6. The van der Waals surface area contributed by atoms with Gasteiger partial charge < -0.3 is 4.57 Å². The summed E-state index contributed by atoms with van der Waals surface area (Å²) in [6.07, 6.45) is 1.59. The van der Waals surface area contributed by atoms with Crippen molar-refractivity contribution < 1.29 is 8.78 Å². The Bertz CT molecular complexity index is 1260. The molecule has 0 N–H and O–H groups in total. The molecule has 29 heavy (non-hydrogen) atoms. The minimum Gasteiger partial charge on any atom is -0.313 e. The van der Waals surface area contributed by atoms with Crippen LogP contribution in [0.4, 0.5) is 8.78 Å². The van der Waals surface area contributed by atoms with E-state index < -0.39 is 11.6 Å². The van der Waals surface area contributed by atoms with Crippen LogP contribution in [0.2, 0.25) is 0 Å². The molecule has 0 aliphatic heterocycles. The molecular weight excluding hydrogens is 440 g/mol. The molecule has 0 unspecified atom stereocenters. The van der Waals surface area contributed by atoms with Gasteiger partial charge in [0.25, 0.3) is 5.56 Å². The molecule has 0 amide bonds. The van der Waals surface area contributed by atoms with Gasteiger partial charge in [-0.1, -0.05) is 51.8 Å². The number of hydrogen-bond acceptors (Lipinski definition) is 2. The third-order valence-corrected chi connectivity index (χ3v) is 5.47. The fourth-order valence-electron chi connectivity index (χ4n) is 3.41. The Balaban J connectivity index is 1.98. The van der Waals surface area contributed by atoms with Gasteiger partial charge in [0, 0.05) is 28.2 Å². The summed E-state index contributed by atoms with van der Waals surface area (Å²) in [6.45, 7) is 3.60. The third-order valence-electron chi connectivity index (χ3n) is 4.94. The van der Waals surface area contributed by atoms with Gasteiger partial charge in [-0.15, -0.1) is 0 Å². The van der Waals surface area contributed by atoms with Crippen molar-refractivity contribution in [2.24, 2.45) is 0 Å².